The Bertz CT molecular complexity index is 415. The zero-order valence-corrected chi connectivity index (χ0v) is 10.8. The van der Waals surface area contributed by atoms with E-state index in [9.17, 15) is 13.2 Å². The fourth-order valence-electron chi connectivity index (χ4n) is 2.25. The van der Waals surface area contributed by atoms with E-state index in [0.29, 0.717) is 25.5 Å². The minimum absolute atomic E-state index is 0.215. The molecule has 1 aromatic heterocycles. The lowest BCUT2D eigenvalue weighted by Crippen LogP contribution is -2.37. The first-order valence-electron chi connectivity index (χ1n) is 6.40. The van der Waals surface area contributed by atoms with Crippen LogP contribution in [0.4, 0.5) is 19.0 Å². The molecule has 0 aromatic carbocycles. The summed E-state index contributed by atoms with van der Waals surface area (Å²) in [5, 5.41) is 0. The molecule has 0 amide bonds. The molecule has 0 radical (unpaired) electrons. The molecule has 1 aliphatic rings. The summed E-state index contributed by atoms with van der Waals surface area (Å²) in [4.78, 5) is 5.91. The zero-order chi connectivity index (χ0) is 13.9. The summed E-state index contributed by atoms with van der Waals surface area (Å²) < 4.78 is 43.4. The molecule has 0 bridgehead atoms. The van der Waals surface area contributed by atoms with Gasteiger partial charge in [0.1, 0.15) is 5.82 Å². The second kappa shape index (κ2) is 5.77. The fourth-order valence-corrected chi connectivity index (χ4v) is 2.25. The fraction of sp³-hybridized carbons (Fsp3) is 0.615. The Kier molecular flexibility index (Phi) is 4.29. The van der Waals surface area contributed by atoms with Crippen molar-refractivity contribution in [2.45, 2.75) is 32.0 Å². The number of nitrogens with zero attached hydrogens (tertiary/aromatic N) is 2. The van der Waals surface area contributed by atoms with Gasteiger partial charge in [-0.05, 0) is 31.9 Å². The molecule has 106 valence electrons. The molecule has 0 saturated carbocycles. The van der Waals surface area contributed by atoms with Crippen LogP contribution in [-0.4, -0.2) is 30.8 Å². The van der Waals surface area contributed by atoms with Gasteiger partial charge in [0.25, 0.3) is 0 Å². The molecule has 1 aliphatic heterocycles. The van der Waals surface area contributed by atoms with Crippen molar-refractivity contribution in [2.24, 2.45) is 0 Å². The number of rotatable bonds is 3. The van der Waals surface area contributed by atoms with Crippen molar-refractivity contribution >= 4 is 5.82 Å². The molecule has 6 heteroatoms. The maximum Gasteiger partial charge on any atom is 0.416 e. The Morgan fingerprint density at radius 1 is 1.37 bits per heavy atom. The number of piperidine rings is 1. The number of aromatic nitrogens is 1. The summed E-state index contributed by atoms with van der Waals surface area (Å²) in [6.45, 7) is 3.98. The quantitative estimate of drug-likeness (QED) is 0.847. The van der Waals surface area contributed by atoms with Crippen molar-refractivity contribution in [2.75, 3.05) is 24.6 Å². The van der Waals surface area contributed by atoms with E-state index in [1.54, 1.807) is 0 Å². The predicted octanol–water partition coefficient (Wildman–Crippen LogP) is 3.11. The molecule has 1 saturated heterocycles. The van der Waals surface area contributed by atoms with Gasteiger partial charge in [-0.15, -0.1) is 0 Å². The molecule has 2 rings (SSSR count). The first-order valence-corrected chi connectivity index (χ1v) is 6.40. The van der Waals surface area contributed by atoms with E-state index in [1.165, 1.54) is 6.20 Å². The average Bonchev–Trinajstić information content (AvgIpc) is 2.39. The van der Waals surface area contributed by atoms with E-state index in [0.717, 1.165) is 25.0 Å². The molecule has 0 atom stereocenters. The highest BCUT2D eigenvalue weighted by atomic mass is 19.4. The second-order valence-corrected chi connectivity index (χ2v) is 4.54. The van der Waals surface area contributed by atoms with E-state index in [2.05, 4.69) is 4.98 Å². The topological polar surface area (TPSA) is 25.4 Å². The number of hydrogen-bond acceptors (Lipinski definition) is 3. The van der Waals surface area contributed by atoms with Gasteiger partial charge in [-0.1, -0.05) is 0 Å². The molecular weight excluding hydrogens is 257 g/mol. The summed E-state index contributed by atoms with van der Waals surface area (Å²) >= 11 is 0. The molecule has 2 heterocycles. The largest absolute Gasteiger partial charge is 0.416 e. The predicted molar refractivity (Wildman–Crippen MR) is 66.1 cm³/mol. The molecule has 0 spiro atoms. The van der Waals surface area contributed by atoms with Crippen molar-refractivity contribution < 1.29 is 17.9 Å². The molecule has 0 N–H and O–H groups in total. The van der Waals surface area contributed by atoms with Crippen LogP contribution in [0.25, 0.3) is 0 Å². The maximum absolute atomic E-state index is 12.6. The van der Waals surface area contributed by atoms with Gasteiger partial charge in [-0.3, -0.25) is 0 Å². The van der Waals surface area contributed by atoms with Crippen LogP contribution in [0.3, 0.4) is 0 Å². The Morgan fingerprint density at radius 3 is 2.63 bits per heavy atom. The van der Waals surface area contributed by atoms with Gasteiger partial charge < -0.3 is 9.64 Å². The highest BCUT2D eigenvalue weighted by Gasteiger charge is 2.31. The summed E-state index contributed by atoms with van der Waals surface area (Å²) in [6, 6.07) is 2.11. The van der Waals surface area contributed by atoms with Crippen molar-refractivity contribution in [1.82, 2.24) is 4.98 Å². The SMILES string of the molecule is CCOC1CCN(c2cc(C(F)(F)F)ccn2)CC1. The van der Waals surface area contributed by atoms with Crippen molar-refractivity contribution in [3.05, 3.63) is 23.9 Å². The zero-order valence-electron chi connectivity index (χ0n) is 10.8. The highest BCUT2D eigenvalue weighted by Crippen LogP contribution is 2.31. The summed E-state index contributed by atoms with van der Waals surface area (Å²) in [5.74, 6) is 0.393. The molecular formula is C13H17F3N2O. The smallest absolute Gasteiger partial charge is 0.378 e. The van der Waals surface area contributed by atoms with Crippen LogP contribution in [0, 0.1) is 0 Å². The molecule has 0 unspecified atom stereocenters. The van der Waals surface area contributed by atoms with Crippen LogP contribution >= 0.6 is 0 Å². The summed E-state index contributed by atoms with van der Waals surface area (Å²) in [7, 11) is 0. The van der Waals surface area contributed by atoms with Crippen molar-refractivity contribution in [3.8, 4) is 0 Å². The van der Waals surface area contributed by atoms with Gasteiger partial charge in [0.15, 0.2) is 0 Å². The lowest BCUT2D eigenvalue weighted by molar-refractivity contribution is -0.137. The first-order chi connectivity index (χ1) is 9.00. The van der Waals surface area contributed by atoms with Gasteiger partial charge in [0.2, 0.25) is 0 Å². The lowest BCUT2D eigenvalue weighted by Gasteiger charge is -2.32. The first kappa shape index (κ1) is 14.1. The van der Waals surface area contributed by atoms with Gasteiger partial charge in [0.05, 0.1) is 11.7 Å². The number of ether oxygens (including phenoxy) is 1. The Morgan fingerprint density at radius 2 is 2.05 bits per heavy atom. The number of halogens is 3. The van der Waals surface area contributed by atoms with Crippen LogP contribution in [0.15, 0.2) is 18.3 Å². The van der Waals surface area contributed by atoms with E-state index >= 15 is 0 Å². The molecule has 19 heavy (non-hydrogen) atoms. The van der Waals surface area contributed by atoms with Crippen LogP contribution < -0.4 is 4.90 Å². The van der Waals surface area contributed by atoms with Crippen LogP contribution in [0.1, 0.15) is 25.3 Å². The van der Waals surface area contributed by atoms with E-state index in [-0.39, 0.29) is 6.10 Å². The minimum atomic E-state index is -4.32. The van der Waals surface area contributed by atoms with Crippen molar-refractivity contribution in [1.29, 1.82) is 0 Å². The Hall–Kier alpha value is -1.30. The minimum Gasteiger partial charge on any atom is -0.378 e. The highest BCUT2D eigenvalue weighted by molar-refractivity contribution is 5.42. The van der Waals surface area contributed by atoms with E-state index in [4.69, 9.17) is 4.74 Å². The third-order valence-electron chi connectivity index (χ3n) is 3.24. The van der Waals surface area contributed by atoms with Crippen LogP contribution in [0.2, 0.25) is 0 Å². The van der Waals surface area contributed by atoms with E-state index < -0.39 is 11.7 Å². The normalized spacial score (nSPS) is 17.8. The monoisotopic (exact) mass is 274 g/mol. The number of alkyl halides is 3. The average molecular weight is 274 g/mol. The molecule has 0 aliphatic carbocycles. The van der Waals surface area contributed by atoms with E-state index in [1.807, 2.05) is 11.8 Å². The number of anilines is 1. The molecule has 1 aromatic rings. The molecule has 3 nitrogen and oxygen atoms in total. The summed E-state index contributed by atoms with van der Waals surface area (Å²) in [5.41, 5.74) is -0.649. The third kappa shape index (κ3) is 3.59. The van der Waals surface area contributed by atoms with Crippen molar-refractivity contribution in [3.63, 3.8) is 0 Å². The Balaban J connectivity index is 2.03. The summed E-state index contributed by atoms with van der Waals surface area (Å²) in [6.07, 6.45) is -1.24. The van der Waals surface area contributed by atoms with Gasteiger partial charge >= 0.3 is 6.18 Å². The number of pyridine rings is 1. The molecule has 1 fully saturated rings. The van der Waals surface area contributed by atoms with Crippen LogP contribution in [-0.2, 0) is 10.9 Å². The number of hydrogen-bond donors (Lipinski definition) is 0. The lowest BCUT2D eigenvalue weighted by atomic mass is 10.1. The maximum atomic E-state index is 12.6. The van der Waals surface area contributed by atoms with Gasteiger partial charge in [0, 0.05) is 25.9 Å². The Labute approximate surface area is 110 Å². The van der Waals surface area contributed by atoms with Gasteiger partial charge in [-0.25, -0.2) is 4.98 Å². The third-order valence-corrected chi connectivity index (χ3v) is 3.24. The van der Waals surface area contributed by atoms with Gasteiger partial charge in [-0.2, -0.15) is 13.2 Å². The second-order valence-electron chi connectivity index (χ2n) is 4.54. The standard InChI is InChI=1S/C13H17F3N2O/c1-2-19-11-4-7-18(8-5-11)12-9-10(3-6-17-12)13(14,15)16/h3,6,9,11H,2,4-5,7-8H2,1H3. The van der Waals surface area contributed by atoms with Crippen LogP contribution in [0.5, 0.6) is 0 Å².